The SMILES string of the molecule is C#CN(C(=O)CNC(=O)OC(C)(C)C)C(C(=O)Nc1ccc2ccccc2c1)c1cccc(O)c1. The third-order valence-electron chi connectivity index (χ3n) is 4.90. The number of nitrogens with one attached hydrogen (secondary N) is 2. The summed E-state index contributed by atoms with van der Waals surface area (Å²) in [5.41, 5.74) is 0.0602. The van der Waals surface area contributed by atoms with E-state index < -0.39 is 36.1 Å². The van der Waals surface area contributed by atoms with Gasteiger partial charge in [0.2, 0.25) is 0 Å². The minimum atomic E-state index is -1.27. The van der Waals surface area contributed by atoms with Crippen molar-refractivity contribution in [3.8, 4) is 18.2 Å². The highest BCUT2D eigenvalue weighted by atomic mass is 16.6. The Bertz CT molecular complexity index is 1290. The Labute approximate surface area is 203 Å². The number of hydrogen-bond acceptors (Lipinski definition) is 5. The maximum absolute atomic E-state index is 13.4. The molecule has 8 heteroatoms. The minimum absolute atomic E-state index is 0.0951. The number of aromatic hydroxyl groups is 1. The van der Waals surface area contributed by atoms with Crippen LogP contribution in [0.15, 0.2) is 66.7 Å². The summed E-state index contributed by atoms with van der Waals surface area (Å²) in [5, 5.41) is 17.0. The molecule has 0 aromatic heterocycles. The standard InChI is InChI=1S/C27H27N3O5/c1-5-30(23(32)17-28-26(34)35-27(2,3)4)24(20-11-8-12-22(31)16-20)25(33)29-21-14-13-18-9-6-7-10-19(18)15-21/h1,6-16,24,31H,17H2,2-4H3,(H,28,34)(H,29,33). The van der Waals surface area contributed by atoms with E-state index in [-0.39, 0.29) is 5.75 Å². The number of phenols is 1. The van der Waals surface area contributed by atoms with Gasteiger partial charge in [0, 0.05) is 11.7 Å². The lowest BCUT2D eigenvalue weighted by atomic mass is 10.0. The molecule has 3 aromatic carbocycles. The molecule has 0 aliphatic carbocycles. The first-order valence-electron chi connectivity index (χ1n) is 10.9. The van der Waals surface area contributed by atoms with Gasteiger partial charge in [0.25, 0.3) is 11.8 Å². The van der Waals surface area contributed by atoms with Gasteiger partial charge in [0.05, 0.1) is 0 Å². The van der Waals surface area contributed by atoms with Crippen molar-refractivity contribution in [1.82, 2.24) is 10.2 Å². The molecular weight excluding hydrogens is 446 g/mol. The van der Waals surface area contributed by atoms with E-state index in [1.54, 1.807) is 45.0 Å². The number of carbonyl (C=O) groups is 3. The monoisotopic (exact) mass is 473 g/mol. The predicted molar refractivity (Wildman–Crippen MR) is 133 cm³/mol. The first-order valence-corrected chi connectivity index (χ1v) is 10.9. The fraction of sp³-hybridized carbons (Fsp3) is 0.222. The van der Waals surface area contributed by atoms with Crippen molar-refractivity contribution in [2.24, 2.45) is 0 Å². The van der Waals surface area contributed by atoms with Crippen molar-refractivity contribution in [1.29, 1.82) is 0 Å². The Balaban J connectivity index is 1.86. The number of phenolic OH excluding ortho intramolecular Hbond substituents is 1. The van der Waals surface area contributed by atoms with Crippen molar-refractivity contribution in [2.75, 3.05) is 11.9 Å². The fourth-order valence-electron chi connectivity index (χ4n) is 3.43. The number of rotatable bonds is 6. The summed E-state index contributed by atoms with van der Waals surface area (Å²) in [4.78, 5) is 39.2. The zero-order valence-corrected chi connectivity index (χ0v) is 19.7. The molecule has 0 heterocycles. The van der Waals surface area contributed by atoms with Crippen LogP contribution in [0.3, 0.4) is 0 Å². The summed E-state index contributed by atoms with van der Waals surface area (Å²) in [6, 6.07) is 19.9. The Morgan fingerprint density at radius 2 is 1.74 bits per heavy atom. The molecule has 0 bridgehead atoms. The Kier molecular flexibility index (Phi) is 7.62. The van der Waals surface area contributed by atoms with Crippen molar-refractivity contribution >= 4 is 34.4 Å². The van der Waals surface area contributed by atoms with E-state index in [9.17, 15) is 19.5 Å². The van der Waals surface area contributed by atoms with E-state index in [4.69, 9.17) is 11.2 Å². The second-order valence-electron chi connectivity index (χ2n) is 8.80. The van der Waals surface area contributed by atoms with Gasteiger partial charge in [-0.05, 0) is 61.4 Å². The molecule has 0 aliphatic rings. The lowest BCUT2D eigenvalue weighted by Gasteiger charge is -2.27. The van der Waals surface area contributed by atoms with Crippen LogP contribution in [0.4, 0.5) is 10.5 Å². The van der Waals surface area contributed by atoms with E-state index in [1.807, 2.05) is 30.3 Å². The van der Waals surface area contributed by atoms with Gasteiger partial charge in [-0.1, -0.05) is 48.9 Å². The highest BCUT2D eigenvalue weighted by Gasteiger charge is 2.31. The minimum Gasteiger partial charge on any atom is -0.508 e. The predicted octanol–water partition coefficient (Wildman–Crippen LogP) is 4.17. The van der Waals surface area contributed by atoms with Gasteiger partial charge in [-0.3, -0.25) is 14.5 Å². The average molecular weight is 474 g/mol. The number of amides is 3. The Hall–Kier alpha value is -4.51. The molecule has 180 valence electrons. The maximum Gasteiger partial charge on any atom is 0.408 e. The molecule has 35 heavy (non-hydrogen) atoms. The summed E-state index contributed by atoms with van der Waals surface area (Å²) < 4.78 is 5.14. The van der Waals surface area contributed by atoms with Crippen LogP contribution in [-0.2, 0) is 14.3 Å². The highest BCUT2D eigenvalue weighted by molar-refractivity contribution is 6.00. The summed E-state index contributed by atoms with van der Waals surface area (Å²) >= 11 is 0. The lowest BCUT2D eigenvalue weighted by Crippen LogP contribution is -2.44. The molecule has 0 aliphatic heterocycles. The van der Waals surface area contributed by atoms with Crippen LogP contribution in [0, 0.1) is 12.5 Å². The topological polar surface area (TPSA) is 108 Å². The summed E-state index contributed by atoms with van der Waals surface area (Å²) in [5.74, 6) is -1.39. The van der Waals surface area contributed by atoms with Gasteiger partial charge in [0.15, 0.2) is 0 Å². The molecule has 3 N–H and O–H groups in total. The van der Waals surface area contributed by atoms with E-state index in [0.29, 0.717) is 11.3 Å². The van der Waals surface area contributed by atoms with Crippen LogP contribution in [0.25, 0.3) is 10.8 Å². The largest absolute Gasteiger partial charge is 0.508 e. The molecule has 0 saturated carbocycles. The van der Waals surface area contributed by atoms with Gasteiger partial charge in [0.1, 0.15) is 23.9 Å². The molecule has 0 radical (unpaired) electrons. The molecule has 0 fully saturated rings. The molecule has 8 nitrogen and oxygen atoms in total. The van der Waals surface area contributed by atoms with Crippen LogP contribution < -0.4 is 10.6 Å². The van der Waals surface area contributed by atoms with Crippen molar-refractivity contribution in [2.45, 2.75) is 32.4 Å². The number of fused-ring (bicyclic) bond motifs is 1. The molecule has 3 rings (SSSR count). The van der Waals surface area contributed by atoms with Crippen molar-refractivity contribution < 1.29 is 24.2 Å². The number of alkyl carbamates (subject to hydrolysis) is 1. The molecule has 3 amide bonds. The van der Waals surface area contributed by atoms with Gasteiger partial charge in [-0.25, -0.2) is 4.79 Å². The van der Waals surface area contributed by atoms with Gasteiger partial charge in [-0.15, -0.1) is 0 Å². The van der Waals surface area contributed by atoms with Crippen LogP contribution in [0.2, 0.25) is 0 Å². The van der Waals surface area contributed by atoms with Crippen LogP contribution in [0.1, 0.15) is 32.4 Å². The van der Waals surface area contributed by atoms with E-state index in [0.717, 1.165) is 15.7 Å². The number of hydrogen-bond donors (Lipinski definition) is 3. The first kappa shape index (κ1) is 25.1. The fourth-order valence-corrected chi connectivity index (χ4v) is 3.43. The first-order chi connectivity index (χ1) is 16.6. The molecule has 3 aromatic rings. The van der Waals surface area contributed by atoms with Gasteiger partial charge < -0.3 is 20.5 Å². The number of terminal acetylenes is 1. The number of anilines is 1. The van der Waals surface area contributed by atoms with Gasteiger partial charge >= 0.3 is 6.09 Å². The normalized spacial score (nSPS) is 11.7. The van der Waals surface area contributed by atoms with Crippen LogP contribution in [-0.4, -0.2) is 40.1 Å². The van der Waals surface area contributed by atoms with Gasteiger partial charge in [-0.2, -0.15) is 0 Å². The zero-order valence-electron chi connectivity index (χ0n) is 19.7. The second kappa shape index (κ2) is 10.6. The molecule has 1 atom stereocenters. The Morgan fingerprint density at radius 1 is 1.03 bits per heavy atom. The van der Waals surface area contributed by atoms with E-state index in [2.05, 4.69) is 16.7 Å². The molecule has 0 spiro atoms. The summed E-state index contributed by atoms with van der Waals surface area (Å²) in [6.45, 7) is 4.59. The second-order valence-corrected chi connectivity index (χ2v) is 8.80. The zero-order chi connectivity index (χ0) is 25.6. The van der Waals surface area contributed by atoms with Crippen LogP contribution in [0.5, 0.6) is 5.75 Å². The molecular formula is C27H27N3O5. The number of ether oxygens (including phenoxy) is 1. The third kappa shape index (κ3) is 6.74. The number of benzene rings is 3. The third-order valence-corrected chi connectivity index (χ3v) is 4.90. The summed E-state index contributed by atoms with van der Waals surface area (Å²) in [6.07, 6.45) is 4.84. The molecule has 0 saturated heterocycles. The van der Waals surface area contributed by atoms with Crippen molar-refractivity contribution in [3.63, 3.8) is 0 Å². The molecule has 1 unspecified atom stereocenters. The average Bonchev–Trinajstić information content (AvgIpc) is 2.79. The quantitative estimate of drug-likeness (QED) is 0.368. The maximum atomic E-state index is 13.4. The number of nitrogens with zero attached hydrogens (tertiary/aromatic N) is 1. The van der Waals surface area contributed by atoms with Crippen LogP contribution >= 0.6 is 0 Å². The summed E-state index contributed by atoms with van der Waals surface area (Å²) in [7, 11) is 0. The highest BCUT2D eigenvalue weighted by Crippen LogP contribution is 2.27. The smallest absolute Gasteiger partial charge is 0.408 e. The van der Waals surface area contributed by atoms with E-state index in [1.165, 1.54) is 12.1 Å². The van der Waals surface area contributed by atoms with E-state index >= 15 is 0 Å². The van der Waals surface area contributed by atoms with Crippen molar-refractivity contribution in [3.05, 3.63) is 72.3 Å². The lowest BCUT2D eigenvalue weighted by molar-refractivity contribution is -0.134. The Morgan fingerprint density at radius 3 is 2.40 bits per heavy atom. The number of carbonyl (C=O) groups excluding carboxylic acids is 3.